The summed E-state index contributed by atoms with van der Waals surface area (Å²) in [5.74, 6) is 0.0459. The molecule has 3 nitrogen and oxygen atoms in total. The maximum Gasteiger partial charge on any atom is 0.334 e. The standard InChI is InChI=1S/C19H36N2O/c1-3-5-7-9-11-13-15-17-19(22)18(21-20)16-14-12-10-8-6-4-2/h3-17H2,1-2H3. The minimum atomic E-state index is 0.0459. The summed E-state index contributed by atoms with van der Waals surface area (Å²) in [6.45, 7) is 4.43. The normalized spacial score (nSPS) is 10.5. The Morgan fingerprint density at radius 1 is 0.682 bits per heavy atom. The van der Waals surface area contributed by atoms with E-state index in [1.807, 2.05) is 0 Å². The molecule has 0 saturated heterocycles. The number of ketones is 1. The van der Waals surface area contributed by atoms with Crippen molar-refractivity contribution in [3.63, 3.8) is 0 Å². The van der Waals surface area contributed by atoms with E-state index >= 15 is 0 Å². The van der Waals surface area contributed by atoms with Crippen LogP contribution in [0, 0.1) is 0 Å². The topological polar surface area (TPSA) is 53.5 Å². The van der Waals surface area contributed by atoms with Crippen LogP contribution in [0.4, 0.5) is 0 Å². The lowest BCUT2D eigenvalue weighted by Crippen LogP contribution is -2.15. The molecule has 0 aliphatic heterocycles. The van der Waals surface area contributed by atoms with Crippen LogP contribution >= 0.6 is 0 Å². The van der Waals surface area contributed by atoms with Gasteiger partial charge in [0, 0.05) is 6.42 Å². The monoisotopic (exact) mass is 308 g/mol. The van der Waals surface area contributed by atoms with E-state index in [2.05, 4.69) is 18.6 Å². The Kier molecular flexibility index (Phi) is 15.7. The quantitative estimate of drug-likeness (QED) is 0.147. The molecule has 0 unspecified atom stereocenters. The first-order chi connectivity index (χ1) is 10.8. The van der Waals surface area contributed by atoms with Crippen molar-refractivity contribution in [2.75, 3.05) is 0 Å². The third kappa shape index (κ3) is 12.8. The van der Waals surface area contributed by atoms with E-state index in [-0.39, 0.29) is 5.78 Å². The van der Waals surface area contributed by atoms with Gasteiger partial charge in [0.2, 0.25) is 5.78 Å². The summed E-state index contributed by atoms with van der Waals surface area (Å²) < 4.78 is 0. The van der Waals surface area contributed by atoms with Gasteiger partial charge < -0.3 is 5.53 Å². The van der Waals surface area contributed by atoms with Gasteiger partial charge in [-0.3, -0.25) is 4.79 Å². The summed E-state index contributed by atoms with van der Waals surface area (Å²) >= 11 is 0. The highest BCUT2D eigenvalue weighted by Gasteiger charge is 2.18. The number of hydrogen-bond acceptors (Lipinski definition) is 1. The van der Waals surface area contributed by atoms with Crippen LogP contribution in [0.1, 0.15) is 110 Å². The van der Waals surface area contributed by atoms with E-state index < -0.39 is 0 Å². The van der Waals surface area contributed by atoms with Crippen molar-refractivity contribution in [2.24, 2.45) is 0 Å². The van der Waals surface area contributed by atoms with Gasteiger partial charge in [0.25, 0.3) is 0 Å². The second-order valence-corrected chi connectivity index (χ2v) is 6.36. The van der Waals surface area contributed by atoms with Crippen LogP contribution in [0.25, 0.3) is 5.53 Å². The lowest BCUT2D eigenvalue weighted by atomic mass is 10.0. The van der Waals surface area contributed by atoms with Crippen LogP contribution in [-0.2, 0) is 4.79 Å². The van der Waals surface area contributed by atoms with Crippen LogP contribution in [0.2, 0.25) is 0 Å². The van der Waals surface area contributed by atoms with Crippen molar-refractivity contribution in [3.05, 3.63) is 5.53 Å². The van der Waals surface area contributed by atoms with Crippen molar-refractivity contribution in [1.82, 2.24) is 0 Å². The molecule has 0 aliphatic rings. The van der Waals surface area contributed by atoms with Gasteiger partial charge in [-0.05, 0) is 12.8 Å². The van der Waals surface area contributed by atoms with Gasteiger partial charge in [-0.25, -0.2) is 0 Å². The molecule has 22 heavy (non-hydrogen) atoms. The molecule has 0 atom stereocenters. The Balaban J connectivity index is 3.63. The molecule has 0 bridgehead atoms. The Bertz CT molecular complexity index is 319. The summed E-state index contributed by atoms with van der Waals surface area (Å²) in [5.41, 5.74) is 9.39. The number of nitrogens with zero attached hydrogens (tertiary/aromatic N) is 2. The van der Waals surface area contributed by atoms with Crippen molar-refractivity contribution < 1.29 is 9.58 Å². The highest BCUT2D eigenvalue weighted by molar-refractivity contribution is 6.37. The first-order valence-corrected chi connectivity index (χ1v) is 9.50. The number of rotatable bonds is 16. The van der Waals surface area contributed by atoms with Crippen molar-refractivity contribution in [2.45, 2.75) is 110 Å². The number of hydrogen-bond donors (Lipinski definition) is 0. The fourth-order valence-corrected chi connectivity index (χ4v) is 2.70. The third-order valence-corrected chi connectivity index (χ3v) is 4.22. The first kappa shape index (κ1) is 21.0. The maximum absolute atomic E-state index is 12.0. The molecule has 0 saturated carbocycles. The molecule has 0 spiro atoms. The Hall–Kier alpha value is -0.950. The molecular formula is C19H36N2O. The molecule has 128 valence electrons. The fraction of sp³-hybridized carbons (Fsp3) is 0.895. The predicted octanol–water partition coefficient (Wildman–Crippen LogP) is 6.12. The van der Waals surface area contributed by atoms with E-state index in [0.29, 0.717) is 18.6 Å². The summed E-state index contributed by atoms with van der Waals surface area (Å²) in [4.78, 5) is 15.2. The Labute approximate surface area is 137 Å². The van der Waals surface area contributed by atoms with E-state index in [9.17, 15) is 4.79 Å². The smallest absolute Gasteiger partial charge is 0.334 e. The number of unbranched alkanes of at least 4 members (excludes halogenated alkanes) is 11. The lowest BCUT2D eigenvalue weighted by Gasteiger charge is -2.01. The van der Waals surface area contributed by atoms with Crippen molar-refractivity contribution >= 4 is 11.5 Å². The van der Waals surface area contributed by atoms with Crippen molar-refractivity contribution in [1.29, 1.82) is 0 Å². The molecule has 0 aromatic rings. The minimum absolute atomic E-state index is 0.0459. The molecule has 0 aromatic carbocycles. The largest absolute Gasteiger partial charge is 0.361 e. The number of Topliss-reactive ketones (excluding diaryl/α,β-unsaturated/α-hetero) is 1. The molecule has 0 fully saturated rings. The van der Waals surface area contributed by atoms with E-state index in [4.69, 9.17) is 5.53 Å². The fourth-order valence-electron chi connectivity index (χ4n) is 2.70. The third-order valence-electron chi connectivity index (χ3n) is 4.22. The van der Waals surface area contributed by atoms with Crippen LogP contribution in [0.15, 0.2) is 0 Å². The molecule has 0 aromatic heterocycles. The summed E-state index contributed by atoms with van der Waals surface area (Å²) in [6, 6.07) is 0. The zero-order chi connectivity index (χ0) is 16.5. The second kappa shape index (κ2) is 16.4. The predicted molar refractivity (Wildman–Crippen MR) is 94.2 cm³/mol. The molecule has 0 amide bonds. The zero-order valence-electron chi connectivity index (χ0n) is 14.9. The van der Waals surface area contributed by atoms with Gasteiger partial charge in [0.15, 0.2) is 0 Å². The first-order valence-electron chi connectivity index (χ1n) is 9.50. The van der Waals surface area contributed by atoms with Gasteiger partial charge >= 0.3 is 5.71 Å². The van der Waals surface area contributed by atoms with Gasteiger partial charge in [0.1, 0.15) is 0 Å². The molecule has 0 heterocycles. The average Bonchev–Trinajstić information content (AvgIpc) is 2.53. The Morgan fingerprint density at radius 2 is 1.09 bits per heavy atom. The van der Waals surface area contributed by atoms with Gasteiger partial charge in [-0.2, -0.15) is 4.79 Å². The molecule has 0 N–H and O–H groups in total. The maximum atomic E-state index is 12.0. The van der Waals surface area contributed by atoms with Crippen LogP contribution in [-0.4, -0.2) is 16.3 Å². The van der Waals surface area contributed by atoms with Gasteiger partial charge in [-0.1, -0.05) is 84.5 Å². The molecule has 3 heteroatoms. The van der Waals surface area contributed by atoms with Gasteiger partial charge in [0.05, 0.1) is 6.42 Å². The van der Waals surface area contributed by atoms with Crippen LogP contribution in [0.3, 0.4) is 0 Å². The molecule has 0 rings (SSSR count). The van der Waals surface area contributed by atoms with Crippen LogP contribution in [0.5, 0.6) is 0 Å². The average molecular weight is 309 g/mol. The summed E-state index contributed by atoms with van der Waals surface area (Å²) in [5, 5.41) is 0. The highest BCUT2D eigenvalue weighted by Crippen LogP contribution is 2.11. The highest BCUT2D eigenvalue weighted by atomic mass is 16.1. The number of carbonyl (C=O) groups excluding carboxylic acids is 1. The number of carbonyl (C=O) groups is 1. The lowest BCUT2D eigenvalue weighted by molar-refractivity contribution is -0.117. The second-order valence-electron chi connectivity index (χ2n) is 6.36. The minimum Gasteiger partial charge on any atom is -0.361 e. The van der Waals surface area contributed by atoms with E-state index in [1.165, 1.54) is 57.8 Å². The summed E-state index contributed by atoms with van der Waals surface area (Å²) in [7, 11) is 0. The van der Waals surface area contributed by atoms with Crippen LogP contribution < -0.4 is 0 Å². The van der Waals surface area contributed by atoms with Crippen molar-refractivity contribution in [3.8, 4) is 0 Å². The molecular weight excluding hydrogens is 272 g/mol. The van der Waals surface area contributed by atoms with Gasteiger partial charge in [-0.15, -0.1) is 0 Å². The summed E-state index contributed by atoms with van der Waals surface area (Å²) in [6.07, 6.45) is 16.8. The zero-order valence-corrected chi connectivity index (χ0v) is 14.9. The van der Waals surface area contributed by atoms with E-state index in [0.717, 1.165) is 25.7 Å². The SMILES string of the molecule is CCCCCCCCCC(=O)C(CCCCCCCC)=[N+]=[N-]. The molecule has 0 radical (unpaired) electrons. The Morgan fingerprint density at radius 3 is 1.55 bits per heavy atom. The van der Waals surface area contributed by atoms with E-state index in [1.54, 1.807) is 0 Å². The molecule has 0 aliphatic carbocycles.